The molecule has 1 saturated heterocycles. The SMILES string of the molecule is CCC1(CC)CCN(CC2(CC(N)=NO)CC2)CC1. The summed E-state index contributed by atoms with van der Waals surface area (Å²) in [5, 5.41) is 11.8. The van der Waals surface area contributed by atoms with Crippen LogP contribution >= 0.6 is 0 Å². The van der Waals surface area contributed by atoms with Crippen molar-refractivity contribution in [3.8, 4) is 0 Å². The van der Waals surface area contributed by atoms with Crippen molar-refractivity contribution in [2.75, 3.05) is 19.6 Å². The van der Waals surface area contributed by atoms with E-state index < -0.39 is 0 Å². The van der Waals surface area contributed by atoms with Gasteiger partial charge in [0.2, 0.25) is 0 Å². The Morgan fingerprint density at radius 3 is 2.11 bits per heavy atom. The highest BCUT2D eigenvalue weighted by Gasteiger charge is 2.45. The third-order valence-corrected chi connectivity index (χ3v) is 5.62. The number of nitrogens with two attached hydrogens (primary N) is 1. The van der Waals surface area contributed by atoms with Crippen LogP contribution in [0.5, 0.6) is 0 Å². The summed E-state index contributed by atoms with van der Waals surface area (Å²) in [6.07, 6.45) is 8.50. The molecule has 0 unspecified atom stereocenters. The van der Waals surface area contributed by atoms with Crippen LogP contribution in [-0.4, -0.2) is 35.6 Å². The summed E-state index contributed by atoms with van der Waals surface area (Å²) in [6.45, 7) is 8.24. The van der Waals surface area contributed by atoms with Crippen molar-refractivity contribution in [3.63, 3.8) is 0 Å². The number of hydrogen-bond donors (Lipinski definition) is 2. The van der Waals surface area contributed by atoms with Gasteiger partial charge in [0.15, 0.2) is 0 Å². The van der Waals surface area contributed by atoms with E-state index in [1.54, 1.807) is 0 Å². The van der Waals surface area contributed by atoms with Gasteiger partial charge in [-0.05, 0) is 49.6 Å². The lowest BCUT2D eigenvalue weighted by atomic mass is 9.74. The van der Waals surface area contributed by atoms with Crippen LogP contribution in [0.15, 0.2) is 5.16 Å². The van der Waals surface area contributed by atoms with Gasteiger partial charge in [0.05, 0.1) is 0 Å². The zero-order valence-electron chi connectivity index (χ0n) is 12.5. The van der Waals surface area contributed by atoms with Gasteiger partial charge in [-0.3, -0.25) is 0 Å². The lowest BCUT2D eigenvalue weighted by molar-refractivity contribution is 0.0816. The van der Waals surface area contributed by atoms with Crippen LogP contribution in [0.25, 0.3) is 0 Å². The molecule has 4 heteroatoms. The van der Waals surface area contributed by atoms with E-state index >= 15 is 0 Å². The van der Waals surface area contributed by atoms with E-state index in [4.69, 9.17) is 10.9 Å². The summed E-state index contributed by atoms with van der Waals surface area (Å²) in [5.74, 6) is 0.394. The number of rotatable bonds is 6. The van der Waals surface area contributed by atoms with E-state index in [0.29, 0.717) is 16.7 Å². The van der Waals surface area contributed by atoms with Gasteiger partial charge >= 0.3 is 0 Å². The largest absolute Gasteiger partial charge is 0.409 e. The van der Waals surface area contributed by atoms with Crippen molar-refractivity contribution >= 4 is 5.84 Å². The summed E-state index contributed by atoms with van der Waals surface area (Å²) in [4.78, 5) is 2.60. The molecule has 0 amide bonds. The van der Waals surface area contributed by atoms with Crippen molar-refractivity contribution in [3.05, 3.63) is 0 Å². The Morgan fingerprint density at radius 1 is 1.11 bits per heavy atom. The van der Waals surface area contributed by atoms with Crippen LogP contribution in [0.1, 0.15) is 58.8 Å². The van der Waals surface area contributed by atoms with E-state index in [0.717, 1.165) is 13.0 Å². The minimum atomic E-state index is 0.314. The zero-order valence-corrected chi connectivity index (χ0v) is 12.5. The summed E-state index contributed by atoms with van der Waals surface area (Å²) in [6, 6.07) is 0. The number of hydrogen-bond acceptors (Lipinski definition) is 3. The second-order valence-electron chi connectivity index (χ2n) is 6.75. The van der Waals surface area contributed by atoms with Crippen molar-refractivity contribution in [1.82, 2.24) is 4.90 Å². The van der Waals surface area contributed by atoms with E-state index in [-0.39, 0.29) is 0 Å². The number of nitrogens with zero attached hydrogens (tertiary/aromatic N) is 2. The fourth-order valence-corrected chi connectivity index (χ4v) is 3.60. The first-order valence-electron chi connectivity index (χ1n) is 7.76. The van der Waals surface area contributed by atoms with Crippen LogP contribution in [0.2, 0.25) is 0 Å². The second kappa shape index (κ2) is 5.70. The van der Waals surface area contributed by atoms with Gasteiger partial charge in [-0.25, -0.2) is 0 Å². The molecular formula is C15H29N3O. The molecule has 3 N–H and O–H groups in total. The average molecular weight is 267 g/mol. The van der Waals surface area contributed by atoms with Crippen LogP contribution in [-0.2, 0) is 0 Å². The third-order valence-electron chi connectivity index (χ3n) is 5.62. The Morgan fingerprint density at radius 2 is 1.68 bits per heavy atom. The predicted molar refractivity (Wildman–Crippen MR) is 78.4 cm³/mol. The molecule has 1 aliphatic heterocycles. The highest BCUT2D eigenvalue weighted by Crippen LogP contribution is 2.50. The molecule has 4 nitrogen and oxygen atoms in total. The minimum absolute atomic E-state index is 0.314. The van der Waals surface area contributed by atoms with Gasteiger partial charge in [0, 0.05) is 13.0 Å². The number of piperidine rings is 1. The normalized spacial score (nSPS) is 26.3. The Labute approximate surface area is 117 Å². The fraction of sp³-hybridized carbons (Fsp3) is 0.933. The van der Waals surface area contributed by atoms with E-state index in [2.05, 4.69) is 23.9 Å². The average Bonchev–Trinajstić information content (AvgIpc) is 3.19. The predicted octanol–water partition coefficient (Wildman–Crippen LogP) is 2.81. The van der Waals surface area contributed by atoms with E-state index in [9.17, 15) is 0 Å². The van der Waals surface area contributed by atoms with Gasteiger partial charge in [-0.1, -0.05) is 31.8 Å². The van der Waals surface area contributed by atoms with Gasteiger partial charge in [0.25, 0.3) is 0 Å². The lowest BCUT2D eigenvalue weighted by Gasteiger charge is -2.42. The zero-order chi connectivity index (χ0) is 13.9. The third kappa shape index (κ3) is 3.41. The standard InChI is InChI=1S/C15H29N3O/c1-3-14(4-2)7-9-18(10-8-14)12-15(5-6-15)11-13(16)17-19/h19H,3-12H2,1-2H3,(H2,16,17). The molecule has 0 aromatic rings. The molecule has 0 bridgehead atoms. The van der Waals surface area contributed by atoms with Crippen molar-refractivity contribution in [1.29, 1.82) is 0 Å². The van der Waals surface area contributed by atoms with Gasteiger partial charge < -0.3 is 15.8 Å². The first-order chi connectivity index (χ1) is 9.07. The van der Waals surface area contributed by atoms with Crippen LogP contribution in [0, 0.1) is 10.8 Å². The molecular weight excluding hydrogens is 238 g/mol. The number of oxime groups is 1. The van der Waals surface area contributed by atoms with Crippen molar-refractivity contribution in [2.24, 2.45) is 21.7 Å². The van der Waals surface area contributed by atoms with E-state index in [1.807, 2.05) is 0 Å². The summed E-state index contributed by atoms with van der Waals surface area (Å²) < 4.78 is 0. The molecule has 1 aliphatic carbocycles. The van der Waals surface area contributed by atoms with Crippen LogP contribution in [0.3, 0.4) is 0 Å². The highest BCUT2D eigenvalue weighted by molar-refractivity contribution is 5.80. The molecule has 0 aromatic carbocycles. The Balaban J connectivity index is 1.83. The van der Waals surface area contributed by atoms with Gasteiger partial charge in [0.1, 0.15) is 5.84 Å². The summed E-state index contributed by atoms with van der Waals surface area (Å²) in [7, 11) is 0. The first-order valence-corrected chi connectivity index (χ1v) is 7.76. The maximum Gasteiger partial charge on any atom is 0.139 e. The molecule has 19 heavy (non-hydrogen) atoms. The Bertz CT molecular complexity index is 322. The number of amidine groups is 1. The highest BCUT2D eigenvalue weighted by atomic mass is 16.4. The molecule has 0 radical (unpaired) electrons. The molecule has 2 aliphatic rings. The topological polar surface area (TPSA) is 61.8 Å². The maximum absolute atomic E-state index is 8.71. The summed E-state index contributed by atoms with van der Waals surface area (Å²) in [5.41, 5.74) is 6.58. The smallest absolute Gasteiger partial charge is 0.139 e. The molecule has 0 atom stereocenters. The first kappa shape index (κ1) is 14.6. The van der Waals surface area contributed by atoms with Crippen molar-refractivity contribution < 1.29 is 5.21 Å². The summed E-state index contributed by atoms with van der Waals surface area (Å²) >= 11 is 0. The maximum atomic E-state index is 8.71. The molecule has 1 heterocycles. The van der Waals surface area contributed by atoms with Crippen LogP contribution < -0.4 is 5.73 Å². The molecule has 2 rings (SSSR count). The van der Waals surface area contributed by atoms with Crippen LogP contribution in [0.4, 0.5) is 0 Å². The van der Waals surface area contributed by atoms with Gasteiger partial charge in [-0.2, -0.15) is 0 Å². The Kier molecular flexibility index (Phi) is 4.39. The van der Waals surface area contributed by atoms with Crippen molar-refractivity contribution in [2.45, 2.75) is 58.8 Å². The van der Waals surface area contributed by atoms with Gasteiger partial charge in [-0.15, -0.1) is 0 Å². The monoisotopic (exact) mass is 267 g/mol. The minimum Gasteiger partial charge on any atom is -0.409 e. The van der Waals surface area contributed by atoms with E-state index in [1.165, 1.54) is 51.6 Å². The molecule has 110 valence electrons. The fourth-order valence-electron chi connectivity index (χ4n) is 3.60. The molecule has 2 fully saturated rings. The molecule has 0 aromatic heterocycles. The quantitative estimate of drug-likeness (QED) is 0.337. The lowest BCUT2D eigenvalue weighted by Crippen LogP contribution is -2.42. The Hall–Kier alpha value is -0.770. The number of likely N-dealkylation sites (tertiary alicyclic amines) is 1. The second-order valence-corrected chi connectivity index (χ2v) is 6.75. The molecule has 0 spiro atoms. The molecule has 1 saturated carbocycles.